The van der Waals surface area contributed by atoms with Crippen LogP contribution in [0.2, 0.25) is 0 Å². The molecule has 2 fully saturated rings. The largest absolute Gasteiger partial charge is 0.364 e. The van der Waals surface area contributed by atoms with Crippen molar-refractivity contribution in [1.29, 1.82) is 0 Å². The molecule has 0 aromatic carbocycles. The lowest BCUT2D eigenvalue weighted by Gasteiger charge is -2.17. The minimum Gasteiger partial charge on any atom is -0.364 e. The van der Waals surface area contributed by atoms with Gasteiger partial charge in [0.15, 0.2) is 17.0 Å². The van der Waals surface area contributed by atoms with Crippen LogP contribution in [0.4, 0.5) is 5.82 Å². The van der Waals surface area contributed by atoms with E-state index in [2.05, 4.69) is 37.8 Å². The first-order chi connectivity index (χ1) is 14.1. The summed E-state index contributed by atoms with van der Waals surface area (Å²) in [7, 11) is 0. The number of carbonyl (C=O) groups is 1. The van der Waals surface area contributed by atoms with Crippen molar-refractivity contribution in [3.05, 3.63) is 30.4 Å². The second-order valence-electron chi connectivity index (χ2n) is 8.01. The van der Waals surface area contributed by atoms with Gasteiger partial charge in [0.2, 0.25) is 5.91 Å². The third kappa shape index (κ3) is 3.32. The van der Waals surface area contributed by atoms with Crippen LogP contribution in [0.1, 0.15) is 31.7 Å². The average Bonchev–Trinajstić information content (AvgIpc) is 3.35. The Bertz CT molecular complexity index is 1070. The summed E-state index contributed by atoms with van der Waals surface area (Å²) in [6.45, 7) is 6.40. The molecule has 150 valence electrons. The van der Waals surface area contributed by atoms with E-state index in [1.807, 2.05) is 24.2 Å². The molecular formula is C21H25N7O. The Balaban J connectivity index is 1.45. The predicted octanol–water partition coefficient (Wildman–Crippen LogP) is 2.64. The van der Waals surface area contributed by atoms with E-state index in [0.717, 1.165) is 72.8 Å². The summed E-state index contributed by atoms with van der Waals surface area (Å²) in [5.41, 5.74) is 3.63. The highest BCUT2D eigenvalue weighted by Crippen LogP contribution is 2.33. The number of hydrogen-bond donors (Lipinski definition) is 1. The topological polar surface area (TPSA) is 88.8 Å². The molecule has 0 bridgehead atoms. The van der Waals surface area contributed by atoms with Gasteiger partial charge in [-0.25, -0.2) is 15.0 Å². The van der Waals surface area contributed by atoms with Gasteiger partial charge in [-0.1, -0.05) is 0 Å². The van der Waals surface area contributed by atoms with Crippen LogP contribution in [-0.2, 0) is 11.3 Å². The van der Waals surface area contributed by atoms with Gasteiger partial charge in [0, 0.05) is 49.6 Å². The lowest BCUT2D eigenvalue weighted by atomic mass is 10.2. The SMILES string of the molecule is CCn1c(-c2cncc(C)c2)nc2c(N[C@H]3CCN(C(=O)C4CC4)C3)ncnc21. The summed E-state index contributed by atoms with van der Waals surface area (Å²) in [5, 5.41) is 3.52. The number of carbonyl (C=O) groups excluding carboxylic acids is 1. The Morgan fingerprint density at radius 2 is 2.10 bits per heavy atom. The molecule has 2 aliphatic rings. The second-order valence-corrected chi connectivity index (χ2v) is 8.01. The van der Waals surface area contributed by atoms with Gasteiger partial charge >= 0.3 is 0 Å². The van der Waals surface area contributed by atoms with Crippen molar-refractivity contribution in [3.8, 4) is 11.4 Å². The number of fused-ring (bicyclic) bond motifs is 1. The highest BCUT2D eigenvalue weighted by molar-refractivity contribution is 5.86. The highest BCUT2D eigenvalue weighted by atomic mass is 16.2. The molecule has 1 atom stereocenters. The number of anilines is 1. The van der Waals surface area contributed by atoms with Crippen LogP contribution in [0.3, 0.4) is 0 Å². The van der Waals surface area contributed by atoms with Gasteiger partial charge in [-0.2, -0.15) is 0 Å². The van der Waals surface area contributed by atoms with Crippen LogP contribution in [0.25, 0.3) is 22.6 Å². The summed E-state index contributed by atoms with van der Waals surface area (Å²) < 4.78 is 2.09. The average molecular weight is 391 g/mol. The monoisotopic (exact) mass is 391 g/mol. The maximum atomic E-state index is 12.3. The van der Waals surface area contributed by atoms with E-state index in [9.17, 15) is 4.79 Å². The lowest BCUT2D eigenvalue weighted by molar-refractivity contribution is -0.131. The van der Waals surface area contributed by atoms with E-state index in [0.29, 0.717) is 5.91 Å². The smallest absolute Gasteiger partial charge is 0.225 e. The van der Waals surface area contributed by atoms with Crippen LogP contribution >= 0.6 is 0 Å². The van der Waals surface area contributed by atoms with Gasteiger partial charge in [-0.15, -0.1) is 0 Å². The number of nitrogens with one attached hydrogen (secondary N) is 1. The van der Waals surface area contributed by atoms with E-state index < -0.39 is 0 Å². The van der Waals surface area contributed by atoms with Crippen LogP contribution in [0, 0.1) is 12.8 Å². The summed E-state index contributed by atoms with van der Waals surface area (Å²) in [6.07, 6.45) is 8.27. The minimum absolute atomic E-state index is 0.187. The normalized spacial score (nSPS) is 19.1. The Kier molecular flexibility index (Phi) is 4.41. The maximum absolute atomic E-state index is 12.3. The van der Waals surface area contributed by atoms with Crippen LogP contribution in [-0.4, -0.2) is 54.4 Å². The van der Waals surface area contributed by atoms with E-state index in [-0.39, 0.29) is 12.0 Å². The number of nitrogens with zero attached hydrogens (tertiary/aromatic N) is 6. The van der Waals surface area contributed by atoms with E-state index in [1.54, 1.807) is 6.33 Å². The Morgan fingerprint density at radius 1 is 1.24 bits per heavy atom. The molecule has 0 radical (unpaired) electrons. The Hall–Kier alpha value is -3.03. The zero-order chi connectivity index (χ0) is 20.0. The van der Waals surface area contributed by atoms with E-state index in [4.69, 9.17) is 4.98 Å². The van der Waals surface area contributed by atoms with Gasteiger partial charge in [-0.3, -0.25) is 9.78 Å². The summed E-state index contributed by atoms with van der Waals surface area (Å²) >= 11 is 0. The van der Waals surface area contributed by atoms with Gasteiger partial charge < -0.3 is 14.8 Å². The zero-order valence-electron chi connectivity index (χ0n) is 16.8. The molecule has 4 heterocycles. The van der Waals surface area contributed by atoms with Crippen LogP contribution in [0.15, 0.2) is 24.8 Å². The number of aromatic nitrogens is 5. The predicted molar refractivity (Wildman–Crippen MR) is 110 cm³/mol. The number of amides is 1. The van der Waals surface area contributed by atoms with Gasteiger partial charge in [0.25, 0.3) is 0 Å². The van der Waals surface area contributed by atoms with Crippen molar-refractivity contribution in [2.24, 2.45) is 5.92 Å². The Morgan fingerprint density at radius 3 is 2.86 bits per heavy atom. The number of likely N-dealkylation sites (tertiary alicyclic amines) is 1. The highest BCUT2D eigenvalue weighted by Gasteiger charge is 2.36. The summed E-state index contributed by atoms with van der Waals surface area (Å²) in [6, 6.07) is 2.27. The Labute approximate surface area is 169 Å². The minimum atomic E-state index is 0.187. The molecule has 1 aliphatic carbocycles. The molecule has 1 N–H and O–H groups in total. The van der Waals surface area contributed by atoms with Gasteiger partial charge in [0.05, 0.1) is 0 Å². The molecule has 1 amide bonds. The third-order valence-electron chi connectivity index (χ3n) is 5.75. The fourth-order valence-electron chi connectivity index (χ4n) is 4.10. The second kappa shape index (κ2) is 7.09. The first-order valence-electron chi connectivity index (χ1n) is 10.3. The number of hydrogen-bond acceptors (Lipinski definition) is 6. The zero-order valence-corrected chi connectivity index (χ0v) is 16.8. The third-order valence-corrected chi connectivity index (χ3v) is 5.75. The number of rotatable bonds is 5. The van der Waals surface area contributed by atoms with Crippen molar-refractivity contribution in [1.82, 2.24) is 29.4 Å². The fraction of sp³-hybridized carbons (Fsp3) is 0.476. The molecule has 29 heavy (non-hydrogen) atoms. The molecule has 8 nitrogen and oxygen atoms in total. The molecule has 3 aromatic rings. The van der Waals surface area contributed by atoms with Crippen molar-refractivity contribution >= 4 is 22.9 Å². The van der Waals surface area contributed by atoms with Gasteiger partial charge in [0.1, 0.15) is 12.2 Å². The molecule has 0 spiro atoms. The molecular weight excluding hydrogens is 366 g/mol. The summed E-state index contributed by atoms with van der Waals surface area (Å²) in [4.78, 5) is 32.5. The summed E-state index contributed by atoms with van der Waals surface area (Å²) in [5.74, 6) is 2.16. The molecule has 1 saturated carbocycles. The van der Waals surface area contributed by atoms with E-state index in [1.165, 1.54) is 0 Å². The lowest BCUT2D eigenvalue weighted by Crippen LogP contribution is -2.32. The quantitative estimate of drug-likeness (QED) is 0.719. The maximum Gasteiger partial charge on any atom is 0.225 e. The van der Waals surface area contributed by atoms with Crippen LogP contribution in [0.5, 0.6) is 0 Å². The van der Waals surface area contributed by atoms with Crippen molar-refractivity contribution < 1.29 is 4.79 Å². The molecule has 3 aromatic heterocycles. The molecule has 0 unspecified atom stereocenters. The number of aryl methyl sites for hydroxylation is 2. The molecule has 1 saturated heterocycles. The number of imidazole rings is 1. The van der Waals surface area contributed by atoms with Crippen molar-refractivity contribution in [2.45, 2.75) is 45.7 Å². The molecule has 1 aliphatic heterocycles. The van der Waals surface area contributed by atoms with E-state index >= 15 is 0 Å². The standard InChI is InChI=1S/C21H25N7O/c1-3-28-19(15-8-13(2)9-22-10-15)26-17-18(23-12-24-20(17)28)25-16-6-7-27(11-16)21(29)14-4-5-14/h8-10,12,14,16H,3-7,11H2,1-2H3,(H,23,24,25)/t16-/m0/s1. The first kappa shape index (κ1) is 18.0. The van der Waals surface area contributed by atoms with Crippen LogP contribution < -0.4 is 5.32 Å². The van der Waals surface area contributed by atoms with Crippen molar-refractivity contribution in [3.63, 3.8) is 0 Å². The first-order valence-corrected chi connectivity index (χ1v) is 10.3. The molecule has 8 heteroatoms. The van der Waals surface area contributed by atoms with Crippen molar-refractivity contribution in [2.75, 3.05) is 18.4 Å². The molecule has 5 rings (SSSR count). The fourth-order valence-corrected chi connectivity index (χ4v) is 4.10. The number of pyridine rings is 1. The van der Waals surface area contributed by atoms with Gasteiger partial charge in [-0.05, 0) is 44.7 Å².